The molecule has 0 spiro atoms. The summed E-state index contributed by atoms with van der Waals surface area (Å²) in [5.74, 6) is 1.67. The second-order valence-corrected chi connectivity index (χ2v) is 7.34. The van der Waals surface area contributed by atoms with Crippen molar-refractivity contribution in [3.63, 3.8) is 0 Å². The van der Waals surface area contributed by atoms with Gasteiger partial charge in [0, 0.05) is 26.3 Å². The van der Waals surface area contributed by atoms with Crippen molar-refractivity contribution in [2.75, 3.05) is 25.5 Å². The van der Waals surface area contributed by atoms with E-state index in [1.807, 2.05) is 43.3 Å². The summed E-state index contributed by atoms with van der Waals surface area (Å²) < 4.78 is 11.3. The molecule has 1 aromatic heterocycles. The lowest BCUT2D eigenvalue weighted by Gasteiger charge is -2.32. The number of carbonyl (C=O) groups is 1. The van der Waals surface area contributed by atoms with Gasteiger partial charge in [-0.1, -0.05) is 5.16 Å². The van der Waals surface area contributed by atoms with Crippen LogP contribution in [0.1, 0.15) is 44.4 Å². The third-order valence-corrected chi connectivity index (χ3v) is 4.58. The normalized spacial score (nSPS) is 17.4. The van der Waals surface area contributed by atoms with E-state index < -0.39 is 5.60 Å². The van der Waals surface area contributed by atoms with E-state index in [4.69, 9.17) is 9.26 Å². The predicted molar refractivity (Wildman–Crippen MR) is 98.2 cm³/mol. The van der Waals surface area contributed by atoms with Gasteiger partial charge >= 0.3 is 0 Å². The molecule has 140 valence electrons. The fourth-order valence-electron chi connectivity index (χ4n) is 3.21. The number of likely N-dealkylation sites (tertiary alicyclic amines) is 1. The van der Waals surface area contributed by atoms with Crippen LogP contribution in [0.4, 0.5) is 5.69 Å². The maximum Gasteiger partial charge on any atom is 0.266 e. The highest BCUT2D eigenvalue weighted by atomic mass is 16.5. The first kappa shape index (κ1) is 18.2. The Morgan fingerprint density at radius 2 is 2.00 bits per heavy atom. The van der Waals surface area contributed by atoms with Gasteiger partial charge < -0.3 is 19.1 Å². The topological polar surface area (TPSA) is 71.7 Å². The number of ether oxygens (including phenoxy) is 1. The van der Waals surface area contributed by atoms with E-state index in [-0.39, 0.29) is 11.9 Å². The van der Waals surface area contributed by atoms with Crippen molar-refractivity contribution < 1.29 is 14.1 Å². The first-order valence-electron chi connectivity index (χ1n) is 8.85. The minimum atomic E-state index is -0.989. The first-order chi connectivity index (χ1) is 12.3. The van der Waals surface area contributed by atoms with Gasteiger partial charge in [0.05, 0.1) is 0 Å². The lowest BCUT2D eigenvalue weighted by Crippen LogP contribution is -2.48. The molecule has 0 saturated carbocycles. The number of carbonyl (C=O) groups excluding carboxylic acids is 1. The molecule has 0 radical (unpaired) electrons. The molecule has 1 atom stereocenters. The minimum absolute atomic E-state index is 0.0764. The summed E-state index contributed by atoms with van der Waals surface area (Å²) in [5, 5.41) is 3.85. The van der Waals surface area contributed by atoms with Crippen LogP contribution < -0.4 is 9.64 Å². The van der Waals surface area contributed by atoms with Gasteiger partial charge in [-0.2, -0.15) is 4.98 Å². The molecule has 1 aliphatic heterocycles. The number of nitrogens with zero attached hydrogens (tertiary/aromatic N) is 4. The molecule has 0 bridgehead atoms. The summed E-state index contributed by atoms with van der Waals surface area (Å²) in [6, 6.07) is 7.52. The smallest absolute Gasteiger partial charge is 0.266 e. The van der Waals surface area contributed by atoms with Gasteiger partial charge in [0.1, 0.15) is 11.8 Å². The molecule has 7 heteroatoms. The van der Waals surface area contributed by atoms with Crippen molar-refractivity contribution in [3.05, 3.63) is 36.0 Å². The van der Waals surface area contributed by atoms with Crippen LogP contribution in [0.3, 0.4) is 0 Å². The van der Waals surface area contributed by atoms with Gasteiger partial charge in [-0.05, 0) is 57.9 Å². The number of anilines is 1. The second-order valence-electron chi connectivity index (χ2n) is 7.34. The van der Waals surface area contributed by atoms with Gasteiger partial charge in [0.15, 0.2) is 11.4 Å². The van der Waals surface area contributed by atoms with Crippen LogP contribution in [0.25, 0.3) is 0 Å². The van der Waals surface area contributed by atoms with Crippen molar-refractivity contribution in [1.82, 2.24) is 15.0 Å². The van der Waals surface area contributed by atoms with Crippen molar-refractivity contribution in [1.29, 1.82) is 0 Å². The second kappa shape index (κ2) is 6.97. The Balaban J connectivity index is 1.74. The molecule has 0 aliphatic carbocycles. The quantitative estimate of drug-likeness (QED) is 0.818. The Hall–Kier alpha value is -2.57. The number of hydrogen-bond acceptors (Lipinski definition) is 6. The highest BCUT2D eigenvalue weighted by molar-refractivity contribution is 5.85. The highest BCUT2D eigenvalue weighted by Crippen LogP contribution is 2.34. The van der Waals surface area contributed by atoms with Gasteiger partial charge in [-0.15, -0.1) is 0 Å². The van der Waals surface area contributed by atoms with E-state index in [1.165, 1.54) is 0 Å². The van der Waals surface area contributed by atoms with E-state index in [9.17, 15) is 4.79 Å². The maximum atomic E-state index is 13.1. The Morgan fingerprint density at radius 3 is 2.58 bits per heavy atom. The molecular formula is C19H26N4O3. The molecule has 2 heterocycles. The first-order valence-corrected chi connectivity index (χ1v) is 8.85. The predicted octanol–water partition coefficient (Wildman–Crippen LogP) is 2.97. The molecule has 1 amide bonds. The Labute approximate surface area is 153 Å². The third-order valence-electron chi connectivity index (χ3n) is 4.58. The Bertz CT molecular complexity index is 767. The van der Waals surface area contributed by atoms with Crippen LogP contribution in [-0.4, -0.2) is 47.2 Å². The van der Waals surface area contributed by atoms with Crippen molar-refractivity contribution in [3.8, 4) is 5.75 Å². The summed E-state index contributed by atoms with van der Waals surface area (Å²) in [6.07, 6.45) is 1.73. The maximum absolute atomic E-state index is 13.1. The molecular weight excluding hydrogens is 332 g/mol. The van der Waals surface area contributed by atoms with Crippen LogP contribution in [0.2, 0.25) is 0 Å². The zero-order valence-electron chi connectivity index (χ0n) is 16.0. The Kier molecular flexibility index (Phi) is 4.89. The van der Waals surface area contributed by atoms with Crippen LogP contribution in [0.15, 0.2) is 28.8 Å². The molecule has 3 rings (SSSR count). The van der Waals surface area contributed by atoms with E-state index in [0.29, 0.717) is 24.0 Å². The number of aromatic nitrogens is 2. The molecule has 1 aliphatic rings. The van der Waals surface area contributed by atoms with Crippen molar-refractivity contribution in [2.45, 2.75) is 45.3 Å². The molecule has 1 aromatic carbocycles. The fraction of sp³-hybridized carbons (Fsp3) is 0.526. The van der Waals surface area contributed by atoms with E-state index in [1.54, 1.807) is 25.7 Å². The van der Waals surface area contributed by atoms with Crippen molar-refractivity contribution in [2.24, 2.45) is 0 Å². The molecule has 7 nitrogen and oxygen atoms in total. The minimum Gasteiger partial charge on any atom is -0.478 e. The van der Waals surface area contributed by atoms with E-state index >= 15 is 0 Å². The van der Waals surface area contributed by atoms with Crippen LogP contribution in [0.5, 0.6) is 5.75 Å². The molecule has 1 saturated heterocycles. The van der Waals surface area contributed by atoms with Gasteiger partial charge in [-0.25, -0.2) is 0 Å². The number of benzene rings is 1. The van der Waals surface area contributed by atoms with E-state index in [0.717, 1.165) is 18.5 Å². The molecule has 0 unspecified atom stereocenters. The van der Waals surface area contributed by atoms with Crippen LogP contribution in [-0.2, 0) is 4.79 Å². The molecule has 1 fully saturated rings. The molecule has 0 N–H and O–H groups in total. The zero-order chi connectivity index (χ0) is 18.9. The molecule has 2 aromatic rings. The van der Waals surface area contributed by atoms with Gasteiger partial charge in [0.2, 0.25) is 5.89 Å². The number of amides is 1. The number of rotatable bonds is 5. The van der Waals surface area contributed by atoms with Crippen LogP contribution >= 0.6 is 0 Å². The highest BCUT2D eigenvalue weighted by Gasteiger charge is 2.41. The SMILES string of the molecule is Cc1noc([C@@H]2CCCN2C(=O)C(C)(C)Oc2ccc(N(C)C)cc2)n1. The largest absolute Gasteiger partial charge is 0.478 e. The zero-order valence-corrected chi connectivity index (χ0v) is 16.0. The average Bonchev–Trinajstić information content (AvgIpc) is 3.22. The summed E-state index contributed by atoms with van der Waals surface area (Å²) in [5.41, 5.74) is 0.0879. The number of hydrogen-bond donors (Lipinski definition) is 0. The third kappa shape index (κ3) is 3.66. The lowest BCUT2D eigenvalue weighted by atomic mass is 10.1. The summed E-state index contributed by atoms with van der Waals surface area (Å²) >= 11 is 0. The van der Waals surface area contributed by atoms with Gasteiger partial charge in [0.25, 0.3) is 5.91 Å². The van der Waals surface area contributed by atoms with Crippen LogP contribution in [0, 0.1) is 6.92 Å². The Morgan fingerprint density at radius 1 is 1.31 bits per heavy atom. The summed E-state index contributed by atoms with van der Waals surface area (Å²) in [6.45, 7) is 6.03. The summed E-state index contributed by atoms with van der Waals surface area (Å²) in [4.78, 5) is 21.2. The number of aryl methyl sites for hydroxylation is 1. The van der Waals surface area contributed by atoms with Gasteiger partial charge in [-0.3, -0.25) is 4.79 Å². The standard InChI is InChI=1S/C19H26N4O3/c1-13-20-17(26-21-13)16-7-6-12-23(16)18(24)19(2,3)25-15-10-8-14(9-11-15)22(4)5/h8-11,16H,6-7,12H2,1-5H3/t16-/m0/s1. The fourth-order valence-corrected chi connectivity index (χ4v) is 3.21. The monoisotopic (exact) mass is 358 g/mol. The van der Waals surface area contributed by atoms with E-state index in [2.05, 4.69) is 10.1 Å². The summed E-state index contributed by atoms with van der Waals surface area (Å²) in [7, 11) is 3.96. The lowest BCUT2D eigenvalue weighted by molar-refractivity contribution is -0.147. The average molecular weight is 358 g/mol. The molecule has 26 heavy (non-hydrogen) atoms. The van der Waals surface area contributed by atoms with Crippen molar-refractivity contribution >= 4 is 11.6 Å².